The summed E-state index contributed by atoms with van der Waals surface area (Å²) in [6.07, 6.45) is 5.99. The van der Waals surface area contributed by atoms with Gasteiger partial charge in [0, 0.05) is 6.07 Å². The number of thioether (sulfide) groups is 1. The van der Waals surface area contributed by atoms with Crippen molar-refractivity contribution in [3.05, 3.63) is 47.4 Å². The van der Waals surface area contributed by atoms with Crippen LogP contribution in [0.5, 0.6) is 0 Å². The molecule has 0 bridgehead atoms. The SMILES string of the molecule is NC1C=CC=C2Sc3ccccc3[N+](N)=C21. The van der Waals surface area contributed by atoms with E-state index in [9.17, 15) is 0 Å². The van der Waals surface area contributed by atoms with Crippen molar-refractivity contribution >= 4 is 23.2 Å². The van der Waals surface area contributed by atoms with Gasteiger partial charge < -0.3 is 5.73 Å². The van der Waals surface area contributed by atoms with Crippen molar-refractivity contribution in [2.75, 3.05) is 0 Å². The molecular formula is C12H12N3S+. The van der Waals surface area contributed by atoms with Gasteiger partial charge in [-0.25, -0.2) is 5.84 Å². The number of hydrazone groups is 1. The van der Waals surface area contributed by atoms with E-state index >= 15 is 0 Å². The van der Waals surface area contributed by atoms with Gasteiger partial charge in [-0.3, -0.25) is 0 Å². The van der Waals surface area contributed by atoms with Crippen LogP contribution in [0.15, 0.2) is 52.3 Å². The number of nitrogens with zero attached hydrogens (tertiary/aromatic N) is 1. The molecule has 1 heterocycles. The first-order valence-electron chi connectivity index (χ1n) is 5.10. The number of benzene rings is 1. The molecule has 2 aliphatic rings. The molecule has 0 spiro atoms. The third-order valence-corrected chi connectivity index (χ3v) is 3.87. The van der Waals surface area contributed by atoms with E-state index in [1.165, 1.54) is 4.90 Å². The molecule has 1 unspecified atom stereocenters. The van der Waals surface area contributed by atoms with Gasteiger partial charge in [0.2, 0.25) is 11.4 Å². The van der Waals surface area contributed by atoms with Crippen molar-refractivity contribution in [1.82, 2.24) is 0 Å². The zero-order chi connectivity index (χ0) is 11.1. The van der Waals surface area contributed by atoms with Crippen molar-refractivity contribution in [2.24, 2.45) is 11.6 Å². The molecular weight excluding hydrogens is 218 g/mol. The maximum atomic E-state index is 6.12. The van der Waals surface area contributed by atoms with Gasteiger partial charge in [-0.15, -0.1) is 0 Å². The molecule has 3 nitrogen and oxygen atoms in total. The smallest absolute Gasteiger partial charge is 0.249 e. The molecule has 1 aliphatic heterocycles. The molecule has 1 aliphatic carbocycles. The standard InChI is InChI=1S/C12H12N3S/c13-8-4-3-7-11-12(8)15(14)9-5-1-2-6-10(9)16-11/h1-8H,13-14H2/q+1. The molecule has 1 atom stereocenters. The zero-order valence-corrected chi connectivity index (χ0v) is 9.45. The van der Waals surface area contributed by atoms with Crippen LogP contribution in [0.1, 0.15) is 0 Å². The number of hydrazine groups is 1. The van der Waals surface area contributed by atoms with Crippen LogP contribution >= 0.6 is 11.8 Å². The largest absolute Gasteiger partial charge is 0.316 e. The molecule has 80 valence electrons. The number of fused-ring (bicyclic) bond motifs is 2. The lowest BCUT2D eigenvalue weighted by Crippen LogP contribution is -2.40. The van der Waals surface area contributed by atoms with Gasteiger partial charge in [-0.2, -0.15) is 0 Å². The Morgan fingerprint density at radius 1 is 1.25 bits per heavy atom. The number of rotatable bonds is 0. The summed E-state index contributed by atoms with van der Waals surface area (Å²) in [7, 11) is 0. The lowest BCUT2D eigenvalue weighted by molar-refractivity contribution is -0.456. The van der Waals surface area contributed by atoms with Crippen molar-refractivity contribution in [3.63, 3.8) is 0 Å². The predicted molar refractivity (Wildman–Crippen MR) is 66.6 cm³/mol. The molecule has 1 aromatic rings. The molecule has 0 fully saturated rings. The molecule has 0 amide bonds. The van der Waals surface area contributed by atoms with Gasteiger partial charge in [0.05, 0.1) is 9.80 Å². The first-order valence-corrected chi connectivity index (χ1v) is 5.92. The Morgan fingerprint density at radius 3 is 2.94 bits per heavy atom. The van der Waals surface area contributed by atoms with Crippen LogP contribution in [0, 0.1) is 0 Å². The van der Waals surface area contributed by atoms with Crippen molar-refractivity contribution in [2.45, 2.75) is 10.9 Å². The summed E-state index contributed by atoms with van der Waals surface area (Å²) < 4.78 is 1.70. The van der Waals surface area contributed by atoms with Crippen molar-refractivity contribution in [3.8, 4) is 0 Å². The Balaban J connectivity index is 2.25. The minimum atomic E-state index is -0.120. The fourth-order valence-electron chi connectivity index (χ4n) is 1.96. The molecule has 16 heavy (non-hydrogen) atoms. The van der Waals surface area contributed by atoms with E-state index < -0.39 is 0 Å². The summed E-state index contributed by atoms with van der Waals surface area (Å²) in [6, 6.07) is 7.96. The quantitative estimate of drug-likeness (QED) is 0.525. The summed E-state index contributed by atoms with van der Waals surface area (Å²) in [5, 5.41) is 0. The zero-order valence-electron chi connectivity index (χ0n) is 8.63. The lowest BCUT2D eigenvalue weighted by atomic mass is 10.1. The van der Waals surface area contributed by atoms with Crippen LogP contribution in [0.4, 0.5) is 5.69 Å². The Labute approximate surface area is 98.1 Å². The molecule has 4 N–H and O–H groups in total. The molecule has 0 saturated heterocycles. The first-order chi connectivity index (χ1) is 7.77. The second kappa shape index (κ2) is 3.50. The number of para-hydroxylation sites is 1. The van der Waals surface area contributed by atoms with Gasteiger partial charge in [0.15, 0.2) is 0 Å². The van der Waals surface area contributed by atoms with Crippen LogP contribution in [0.3, 0.4) is 0 Å². The first kappa shape index (κ1) is 9.69. The average Bonchev–Trinajstić information content (AvgIpc) is 2.29. The highest BCUT2D eigenvalue weighted by Crippen LogP contribution is 2.39. The minimum absolute atomic E-state index is 0.120. The minimum Gasteiger partial charge on any atom is -0.316 e. The second-order valence-corrected chi connectivity index (χ2v) is 4.85. The Morgan fingerprint density at radius 2 is 2.06 bits per heavy atom. The van der Waals surface area contributed by atoms with E-state index in [1.54, 1.807) is 16.4 Å². The van der Waals surface area contributed by atoms with Gasteiger partial charge in [0.25, 0.3) is 0 Å². The maximum Gasteiger partial charge on any atom is 0.249 e. The van der Waals surface area contributed by atoms with Crippen molar-refractivity contribution in [1.29, 1.82) is 0 Å². The Hall–Kier alpha value is -1.52. The molecule has 4 heteroatoms. The predicted octanol–water partition coefficient (Wildman–Crippen LogP) is 1.53. The van der Waals surface area contributed by atoms with E-state index in [-0.39, 0.29) is 6.04 Å². The summed E-state index contributed by atoms with van der Waals surface area (Å²) in [6.45, 7) is 0. The van der Waals surface area contributed by atoms with E-state index in [4.69, 9.17) is 11.6 Å². The van der Waals surface area contributed by atoms with Gasteiger partial charge in [-0.1, -0.05) is 40.7 Å². The molecule has 0 aromatic heterocycles. The highest BCUT2D eigenvalue weighted by molar-refractivity contribution is 8.04. The number of nitrogens with two attached hydrogens (primary N) is 2. The topological polar surface area (TPSA) is 55.0 Å². The van der Waals surface area contributed by atoms with Crippen LogP contribution in [0.25, 0.3) is 0 Å². The normalized spacial score (nSPS) is 22.6. The maximum absolute atomic E-state index is 6.12. The third kappa shape index (κ3) is 1.31. The number of hydrogen-bond acceptors (Lipinski definition) is 3. The molecule has 0 saturated carbocycles. The van der Waals surface area contributed by atoms with E-state index in [0.717, 1.165) is 16.3 Å². The summed E-state index contributed by atoms with van der Waals surface area (Å²) >= 11 is 1.72. The lowest BCUT2D eigenvalue weighted by Gasteiger charge is -2.19. The molecule has 1 aromatic carbocycles. The van der Waals surface area contributed by atoms with Crippen LogP contribution in [0.2, 0.25) is 0 Å². The van der Waals surface area contributed by atoms with Crippen molar-refractivity contribution < 1.29 is 4.68 Å². The number of allylic oxidation sites excluding steroid dienone is 2. The fourth-order valence-corrected chi connectivity index (χ4v) is 3.10. The van der Waals surface area contributed by atoms with E-state index in [1.807, 2.05) is 30.4 Å². The van der Waals surface area contributed by atoms with Gasteiger partial charge >= 0.3 is 0 Å². The monoisotopic (exact) mass is 230 g/mol. The number of hydrogen-bond donors (Lipinski definition) is 2. The van der Waals surface area contributed by atoms with Crippen LogP contribution in [-0.2, 0) is 0 Å². The second-order valence-electron chi connectivity index (χ2n) is 3.77. The van der Waals surface area contributed by atoms with Gasteiger partial charge in [0.1, 0.15) is 6.04 Å². The van der Waals surface area contributed by atoms with E-state index in [0.29, 0.717) is 0 Å². The third-order valence-electron chi connectivity index (χ3n) is 2.74. The van der Waals surface area contributed by atoms with Crippen LogP contribution in [-0.4, -0.2) is 16.4 Å². The summed E-state index contributed by atoms with van der Waals surface area (Å²) in [4.78, 5) is 2.30. The Bertz CT molecular complexity index is 543. The summed E-state index contributed by atoms with van der Waals surface area (Å²) in [5.74, 6) is 6.12. The average molecular weight is 230 g/mol. The summed E-state index contributed by atoms with van der Waals surface area (Å²) in [5.41, 5.74) is 8.03. The van der Waals surface area contributed by atoms with Crippen LogP contribution < -0.4 is 11.6 Å². The highest BCUT2D eigenvalue weighted by Gasteiger charge is 2.34. The Kier molecular flexibility index (Phi) is 2.12. The van der Waals surface area contributed by atoms with E-state index in [2.05, 4.69) is 12.1 Å². The molecule has 3 rings (SSSR count). The highest BCUT2D eigenvalue weighted by atomic mass is 32.2. The van der Waals surface area contributed by atoms with Gasteiger partial charge in [-0.05, 0) is 12.1 Å². The fraction of sp³-hybridized carbons (Fsp3) is 0.0833. The molecule has 0 radical (unpaired) electrons.